The second-order valence-corrected chi connectivity index (χ2v) is 5.84. The van der Waals surface area contributed by atoms with Crippen molar-refractivity contribution in [3.8, 4) is 0 Å². The second kappa shape index (κ2) is 6.26. The summed E-state index contributed by atoms with van der Waals surface area (Å²) in [5.74, 6) is 5.60. The normalized spacial score (nSPS) is 12.8. The third-order valence-corrected chi connectivity index (χ3v) is 4.41. The minimum Gasteiger partial charge on any atom is -0.271 e. The van der Waals surface area contributed by atoms with Crippen molar-refractivity contribution in [2.45, 2.75) is 32.2 Å². The molecule has 0 aliphatic heterocycles. The Kier molecular flexibility index (Phi) is 4.67. The van der Waals surface area contributed by atoms with E-state index in [9.17, 15) is 0 Å². The van der Waals surface area contributed by atoms with E-state index in [0.717, 1.165) is 30.0 Å². The number of hydrogen-bond acceptors (Lipinski definition) is 5. The molecule has 0 saturated heterocycles. The predicted molar refractivity (Wildman–Crippen MR) is 74.3 cm³/mol. The van der Waals surface area contributed by atoms with Gasteiger partial charge >= 0.3 is 0 Å². The van der Waals surface area contributed by atoms with E-state index in [-0.39, 0.29) is 0 Å². The molecule has 2 rings (SSSR count). The second-order valence-electron chi connectivity index (χ2n) is 4.12. The van der Waals surface area contributed by atoms with Gasteiger partial charge in [-0.05, 0) is 42.2 Å². The monoisotopic (exact) mass is 267 g/mol. The minimum atomic E-state index is 0.306. The van der Waals surface area contributed by atoms with Crippen molar-refractivity contribution < 1.29 is 0 Å². The number of rotatable bonds is 6. The zero-order valence-corrected chi connectivity index (χ0v) is 11.5. The van der Waals surface area contributed by atoms with Gasteiger partial charge in [-0.1, -0.05) is 0 Å². The molecule has 92 valence electrons. The van der Waals surface area contributed by atoms with Gasteiger partial charge in [0.15, 0.2) is 0 Å². The maximum Gasteiger partial charge on any atom is 0.0944 e. The number of aromatic nitrogens is 1. The number of thiazole rings is 1. The summed E-state index contributed by atoms with van der Waals surface area (Å²) in [5, 5.41) is 7.56. The quantitative estimate of drug-likeness (QED) is 0.624. The van der Waals surface area contributed by atoms with Gasteiger partial charge in [0.05, 0.1) is 5.01 Å². The molecular formula is C12H17N3S2. The van der Waals surface area contributed by atoms with Gasteiger partial charge in [-0.2, -0.15) is 11.3 Å². The fourth-order valence-electron chi connectivity index (χ4n) is 1.73. The van der Waals surface area contributed by atoms with Gasteiger partial charge in [0.1, 0.15) is 0 Å². The van der Waals surface area contributed by atoms with Crippen LogP contribution in [0.3, 0.4) is 0 Å². The smallest absolute Gasteiger partial charge is 0.0944 e. The maximum absolute atomic E-state index is 5.60. The van der Waals surface area contributed by atoms with Crippen LogP contribution in [-0.4, -0.2) is 11.0 Å². The topological polar surface area (TPSA) is 50.9 Å². The maximum atomic E-state index is 5.60. The minimum absolute atomic E-state index is 0.306. The first kappa shape index (κ1) is 12.7. The SMILES string of the molecule is Cc1csc(CC(CCc2ccsc2)NN)n1. The molecule has 2 aromatic rings. The highest BCUT2D eigenvalue weighted by molar-refractivity contribution is 7.09. The molecule has 3 nitrogen and oxygen atoms in total. The number of hydrogen-bond donors (Lipinski definition) is 2. The average molecular weight is 267 g/mol. The summed E-state index contributed by atoms with van der Waals surface area (Å²) < 4.78 is 0. The third-order valence-electron chi connectivity index (χ3n) is 2.68. The molecule has 1 unspecified atom stereocenters. The fraction of sp³-hybridized carbons (Fsp3) is 0.417. The Labute approximate surface area is 110 Å². The van der Waals surface area contributed by atoms with Crippen LogP contribution in [0.25, 0.3) is 0 Å². The summed E-state index contributed by atoms with van der Waals surface area (Å²) in [6.45, 7) is 2.02. The first-order valence-electron chi connectivity index (χ1n) is 5.66. The van der Waals surface area contributed by atoms with E-state index in [1.807, 2.05) is 6.92 Å². The lowest BCUT2D eigenvalue weighted by Crippen LogP contribution is -2.37. The van der Waals surface area contributed by atoms with Crippen LogP contribution in [0, 0.1) is 6.92 Å². The molecule has 2 heterocycles. The summed E-state index contributed by atoms with van der Waals surface area (Å²) in [7, 11) is 0. The summed E-state index contributed by atoms with van der Waals surface area (Å²) in [6.07, 6.45) is 3.04. The van der Waals surface area contributed by atoms with Gasteiger partial charge in [-0.3, -0.25) is 11.3 Å². The van der Waals surface area contributed by atoms with E-state index in [1.165, 1.54) is 5.56 Å². The van der Waals surface area contributed by atoms with Gasteiger partial charge in [-0.25, -0.2) is 4.98 Å². The molecule has 0 aliphatic rings. The molecule has 0 aromatic carbocycles. The molecule has 0 fully saturated rings. The Balaban J connectivity index is 1.84. The van der Waals surface area contributed by atoms with Gasteiger partial charge in [0.2, 0.25) is 0 Å². The first-order chi connectivity index (χ1) is 8.28. The molecule has 1 atom stereocenters. The Morgan fingerprint density at radius 2 is 2.35 bits per heavy atom. The largest absolute Gasteiger partial charge is 0.271 e. The average Bonchev–Trinajstić information content (AvgIpc) is 2.96. The third kappa shape index (κ3) is 3.89. The van der Waals surface area contributed by atoms with Crippen LogP contribution in [0.15, 0.2) is 22.2 Å². The molecule has 0 bridgehead atoms. The number of nitrogens with one attached hydrogen (secondary N) is 1. The van der Waals surface area contributed by atoms with Crippen molar-refractivity contribution in [1.82, 2.24) is 10.4 Å². The predicted octanol–water partition coefficient (Wildman–Crippen LogP) is 2.52. The van der Waals surface area contributed by atoms with E-state index >= 15 is 0 Å². The molecule has 0 saturated carbocycles. The van der Waals surface area contributed by atoms with Crippen LogP contribution in [0.1, 0.15) is 22.7 Å². The Morgan fingerprint density at radius 1 is 1.47 bits per heavy atom. The number of nitrogens with two attached hydrogens (primary N) is 1. The van der Waals surface area contributed by atoms with E-state index in [4.69, 9.17) is 5.84 Å². The van der Waals surface area contributed by atoms with Crippen LogP contribution in [-0.2, 0) is 12.8 Å². The van der Waals surface area contributed by atoms with Crippen molar-refractivity contribution >= 4 is 22.7 Å². The molecule has 17 heavy (non-hydrogen) atoms. The zero-order valence-electron chi connectivity index (χ0n) is 9.85. The van der Waals surface area contributed by atoms with Gasteiger partial charge < -0.3 is 0 Å². The molecule has 0 spiro atoms. The highest BCUT2D eigenvalue weighted by Gasteiger charge is 2.10. The van der Waals surface area contributed by atoms with E-state index in [1.54, 1.807) is 22.7 Å². The Bertz CT molecular complexity index is 436. The molecule has 5 heteroatoms. The molecule has 0 amide bonds. The lowest BCUT2D eigenvalue weighted by Gasteiger charge is -2.13. The standard InChI is InChI=1S/C12H17N3S2/c1-9-7-17-12(14-9)6-11(15-13)3-2-10-4-5-16-8-10/h4-5,7-8,11,15H,2-3,6,13H2,1H3. The lowest BCUT2D eigenvalue weighted by atomic mass is 10.1. The van der Waals surface area contributed by atoms with Crippen LogP contribution < -0.4 is 11.3 Å². The molecule has 0 radical (unpaired) electrons. The molecular weight excluding hydrogens is 250 g/mol. The summed E-state index contributed by atoms with van der Waals surface area (Å²) in [6, 6.07) is 2.48. The van der Waals surface area contributed by atoms with Crippen LogP contribution >= 0.6 is 22.7 Å². The summed E-state index contributed by atoms with van der Waals surface area (Å²) in [5.41, 5.74) is 5.38. The van der Waals surface area contributed by atoms with E-state index in [2.05, 4.69) is 32.6 Å². The van der Waals surface area contributed by atoms with Crippen molar-refractivity contribution in [2.24, 2.45) is 5.84 Å². The van der Waals surface area contributed by atoms with Crippen molar-refractivity contribution in [1.29, 1.82) is 0 Å². The van der Waals surface area contributed by atoms with Crippen molar-refractivity contribution in [3.05, 3.63) is 38.5 Å². The lowest BCUT2D eigenvalue weighted by molar-refractivity contribution is 0.490. The highest BCUT2D eigenvalue weighted by Crippen LogP contribution is 2.14. The first-order valence-corrected chi connectivity index (χ1v) is 7.48. The molecule has 2 aromatic heterocycles. The molecule has 0 aliphatic carbocycles. The van der Waals surface area contributed by atoms with E-state index < -0.39 is 0 Å². The number of hydrazine groups is 1. The molecule has 3 N–H and O–H groups in total. The number of nitrogens with zero attached hydrogens (tertiary/aromatic N) is 1. The Morgan fingerprint density at radius 3 is 2.94 bits per heavy atom. The zero-order chi connectivity index (χ0) is 12.1. The number of thiophene rings is 1. The van der Waals surface area contributed by atoms with Crippen LogP contribution in [0.2, 0.25) is 0 Å². The summed E-state index contributed by atoms with van der Waals surface area (Å²) in [4.78, 5) is 4.47. The van der Waals surface area contributed by atoms with Crippen molar-refractivity contribution in [2.75, 3.05) is 0 Å². The van der Waals surface area contributed by atoms with Crippen molar-refractivity contribution in [3.63, 3.8) is 0 Å². The Hall–Kier alpha value is -0.750. The van der Waals surface area contributed by atoms with Crippen LogP contribution in [0.5, 0.6) is 0 Å². The van der Waals surface area contributed by atoms with Crippen LogP contribution in [0.4, 0.5) is 0 Å². The van der Waals surface area contributed by atoms with E-state index in [0.29, 0.717) is 6.04 Å². The summed E-state index contributed by atoms with van der Waals surface area (Å²) >= 11 is 3.46. The number of aryl methyl sites for hydroxylation is 2. The highest BCUT2D eigenvalue weighted by atomic mass is 32.1. The van der Waals surface area contributed by atoms with Gasteiger partial charge in [0, 0.05) is 23.5 Å². The fourth-order valence-corrected chi connectivity index (χ4v) is 3.28. The van der Waals surface area contributed by atoms with Gasteiger partial charge in [0.25, 0.3) is 0 Å². The van der Waals surface area contributed by atoms with Gasteiger partial charge in [-0.15, -0.1) is 11.3 Å².